The fourth-order valence-corrected chi connectivity index (χ4v) is 2.65. The van der Waals surface area contributed by atoms with Crippen LogP contribution in [0.4, 0.5) is 0 Å². The van der Waals surface area contributed by atoms with Crippen LogP contribution in [0.15, 0.2) is 36.4 Å². The van der Waals surface area contributed by atoms with Crippen molar-refractivity contribution in [3.63, 3.8) is 0 Å². The molecule has 2 aromatic heterocycles. The van der Waals surface area contributed by atoms with Crippen LogP contribution in [0.25, 0.3) is 16.9 Å². The SMILES string of the molecule is COc1ccc(-c2ccc(C(N)=O)cc2)n2nc(C3CC3)nc12. The van der Waals surface area contributed by atoms with Gasteiger partial charge in [0.15, 0.2) is 17.2 Å². The number of hydrogen-bond acceptors (Lipinski definition) is 4. The van der Waals surface area contributed by atoms with Crippen molar-refractivity contribution in [2.45, 2.75) is 18.8 Å². The summed E-state index contributed by atoms with van der Waals surface area (Å²) in [6.07, 6.45) is 2.28. The molecule has 2 heterocycles. The summed E-state index contributed by atoms with van der Waals surface area (Å²) in [7, 11) is 1.63. The zero-order valence-electron chi connectivity index (χ0n) is 12.7. The van der Waals surface area contributed by atoms with Gasteiger partial charge in [0.2, 0.25) is 5.91 Å². The Kier molecular flexibility index (Phi) is 3.04. The summed E-state index contributed by atoms with van der Waals surface area (Å²) in [5.74, 6) is 1.59. The minimum absolute atomic E-state index is 0.437. The average Bonchev–Trinajstić information content (AvgIpc) is 3.32. The second kappa shape index (κ2) is 5.08. The third kappa shape index (κ3) is 2.32. The first-order valence-electron chi connectivity index (χ1n) is 7.51. The fraction of sp³-hybridized carbons (Fsp3) is 0.235. The Morgan fingerprint density at radius 1 is 1.22 bits per heavy atom. The highest BCUT2D eigenvalue weighted by molar-refractivity contribution is 5.93. The lowest BCUT2D eigenvalue weighted by molar-refractivity contribution is 0.100. The van der Waals surface area contributed by atoms with Gasteiger partial charge in [-0.05, 0) is 37.1 Å². The van der Waals surface area contributed by atoms with Crippen LogP contribution >= 0.6 is 0 Å². The van der Waals surface area contributed by atoms with Gasteiger partial charge in [-0.1, -0.05) is 12.1 Å². The van der Waals surface area contributed by atoms with Gasteiger partial charge in [0.05, 0.1) is 12.8 Å². The number of aromatic nitrogens is 3. The number of fused-ring (bicyclic) bond motifs is 1. The van der Waals surface area contributed by atoms with Crippen molar-refractivity contribution in [3.8, 4) is 17.0 Å². The maximum Gasteiger partial charge on any atom is 0.248 e. The summed E-state index contributed by atoms with van der Waals surface area (Å²) >= 11 is 0. The number of pyridine rings is 1. The molecule has 4 rings (SSSR count). The molecular formula is C17H16N4O2. The lowest BCUT2D eigenvalue weighted by Gasteiger charge is -2.07. The molecule has 23 heavy (non-hydrogen) atoms. The van der Waals surface area contributed by atoms with E-state index in [0.717, 1.165) is 29.9 Å². The molecule has 1 saturated carbocycles. The number of hydrogen-bond donors (Lipinski definition) is 1. The number of methoxy groups -OCH3 is 1. The lowest BCUT2D eigenvalue weighted by Crippen LogP contribution is -2.10. The third-order valence-electron chi connectivity index (χ3n) is 4.09. The molecule has 1 fully saturated rings. The number of amides is 1. The van der Waals surface area contributed by atoms with Gasteiger partial charge in [-0.25, -0.2) is 9.50 Å². The normalized spacial score (nSPS) is 14.1. The standard InChI is InChI=1S/C17H16N4O2/c1-23-14-9-8-13(10-2-4-11(5-3-10)15(18)22)21-17(14)19-16(20-21)12-6-7-12/h2-5,8-9,12H,6-7H2,1H3,(H2,18,22). The Balaban J connectivity index is 1.87. The van der Waals surface area contributed by atoms with Crippen LogP contribution in [0, 0.1) is 0 Å². The molecule has 0 bridgehead atoms. The van der Waals surface area contributed by atoms with E-state index in [1.54, 1.807) is 19.2 Å². The van der Waals surface area contributed by atoms with Crippen molar-refractivity contribution in [1.82, 2.24) is 14.6 Å². The van der Waals surface area contributed by atoms with Crippen molar-refractivity contribution in [2.24, 2.45) is 5.73 Å². The second-order valence-corrected chi connectivity index (χ2v) is 5.71. The first-order valence-corrected chi connectivity index (χ1v) is 7.51. The molecule has 1 aliphatic carbocycles. The van der Waals surface area contributed by atoms with E-state index in [-0.39, 0.29) is 0 Å². The van der Waals surface area contributed by atoms with E-state index < -0.39 is 5.91 Å². The maximum absolute atomic E-state index is 11.2. The second-order valence-electron chi connectivity index (χ2n) is 5.71. The van der Waals surface area contributed by atoms with Gasteiger partial charge in [-0.3, -0.25) is 4.79 Å². The number of benzene rings is 1. The molecule has 3 aromatic rings. The minimum Gasteiger partial charge on any atom is -0.493 e. The van der Waals surface area contributed by atoms with Crippen LogP contribution in [0.2, 0.25) is 0 Å². The van der Waals surface area contributed by atoms with Crippen LogP contribution in [0.5, 0.6) is 5.75 Å². The molecule has 1 aromatic carbocycles. The summed E-state index contributed by atoms with van der Waals surface area (Å²) in [5.41, 5.74) is 8.33. The topological polar surface area (TPSA) is 82.5 Å². The summed E-state index contributed by atoms with van der Waals surface area (Å²) in [4.78, 5) is 15.8. The van der Waals surface area contributed by atoms with Gasteiger partial charge >= 0.3 is 0 Å². The summed E-state index contributed by atoms with van der Waals surface area (Å²) in [6.45, 7) is 0. The van der Waals surface area contributed by atoms with Gasteiger partial charge in [-0.15, -0.1) is 0 Å². The molecule has 0 aliphatic heterocycles. The fourth-order valence-electron chi connectivity index (χ4n) is 2.65. The number of rotatable bonds is 4. The Bertz CT molecular complexity index is 895. The van der Waals surface area contributed by atoms with Crippen LogP contribution in [-0.4, -0.2) is 27.6 Å². The molecule has 0 atom stereocenters. The largest absolute Gasteiger partial charge is 0.493 e. The number of carbonyl (C=O) groups excluding carboxylic acids is 1. The van der Waals surface area contributed by atoms with Crippen molar-refractivity contribution in [3.05, 3.63) is 47.8 Å². The van der Waals surface area contributed by atoms with Gasteiger partial charge in [0.1, 0.15) is 0 Å². The van der Waals surface area contributed by atoms with Gasteiger partial charge in [0, 0.05) is 17.0 Å². The molecule has 0 radical (unpaired) electrons. The molecule has 0 spiro atoms. The number of carbonyl (C=O) groups is 1. The first kappa shape index (κ1) is 13.8. The van der Waals surface area contributed by atoms with E-state index in [1.807, 2.05) is 28.8 Å². The molecule has 2 N–H and O–H groups in total. The van der Waals surface area contributed by atoms with E-state index in [1.165, 1.54) is 0 Å². The Labute approximate surface area is 132 Å². The van der Waals surface area contributed by atoms with Crippen LogP contribution in [0.1, 0.15) is 34.9 Å². The van der Waals surface area contributed by atoms with E-state index >= 15 is 0 Å². The van der Waals surface area contributed by atoms with Gasteiger partial charge in [-0.2, -0.15) is 5.10 Å². The highest BCUT2D eigenvalue weighted by atomic mass is 16.5. The minimum atomic E-state index is -0.437. The van der Waals surface area contributed by atoms with E-state index in [9.17, 15) is 4.79 Å². The van der Waals surface area contributed by atoms with Gasteiger partial charge < -0.3 is 10.5 Å². The Morgan fingerprint density at radius 2 is 1.96 bits per heavy atom. The molecule has 6 heteroatoms. The van der Waals surface area contributed by atoms with Crippen LogP contribution in [0.3, 0.4) is 0 Å². The summed E-state index contributed by atoms with van der Waals surface area (Å²) in [6, 6.07) is 11.0. The highest BCUT2D eigenvalue weighted by Crippen LogP contribution is 2.39. The van der Waals surface area contributed by atoms with Crippen molar-refractivity contribution in [1.29, 1.82) is 0 Å². The first-order chi connectivity index (χ1) is 11.2. The predicted molar refractivity (Wildman–Crippen MR) is 85.5 cm³/mol. The van der Waals surface area contributed by atoms with Crippen molar-refractivity contribution < 1.29 is 9.53 Å². The van der Waals surface area contributed by atoms with E-state index in [4.69, 9.17) is 10.5 Å². The summed E-state index contributed by atoms with van der Waals surface area (Å²) < 4.78 is 7.21. The third-order valence-corrected chi connectivity index (χ3v) is 4.09. The molecule has 1 amide bonds. The molecule has 1 aliphatic rings. The van der Waals surface area contributed by atoms with E-state index in [0.29, 0.717) is 22.9 Å². The number of primary amides is 1. The average molecular weight is 308 g/mol. The lowest BCUT2D eigenvalue weighted by atomic mass is 10.1. The van der Waals surface area contributed by atoms with Crippen molar-refractivity contribution in [2.75, 3.05) is 7.11 Å². The van der Waals surface area contributed by atoms with Crippen LogP contribution in [-0.2, 0) is 0 Å². The molecule has 0 unspecified atom stereocenters. The number of nitrogens with two attached hydrogens (primary N) is 1. The zero-order valence-corrected chi connectivity index (χ0v) is 12.7. The van der Waals surface area contributed by atoms with E-state index in [2.05, 4.69) is 10.1 Å². The van der Waals surface area contributed by atoms with Gasteiger partial charge in [0.25, 0.3) is 0 Å². The monoisotopic (exact) mass is 308 g/mol. The Hall–Kier alpha value is -2.89. The summed E-state index contributed by atoms with van der Waals surface area (Å²) in [5, 5.41) is 4.65. The number of ether oxygens (including phenoxy) is 1. The Morgan fingerprint density at radius 3 is 2.57 bits per heavy atom. The quantitative estimate of drug-likeness (QED) is 0.802. The molecular weight excluding hydrogens is 292 g/mol. The van der Waals surface area contributed by atoms with Crippen molar-refractivity contribution >= 4 is 11.6 Å². The van der Waals surface area contributed by atoms with Crippen LogP contribution < -0.4 is 10.5 Å². The molecule has 0 saturated heterocycles. The zero-order chi connectivity index (χ0) is 16.0. The predicted octanol–water partition coefficient (Wildman–Crippen LogP) is 2.38. The smallest absolute Gasteiger partial charge is 0.248 e. The molecule has 6 nitrogen and oxygen atoms in total. The maximum atomic E-state index is 11.2. The number of nitrogens with zero attached hydrogens (tertiary/aromatic N) is 3. The highest BCUT2D eigenvalue weighted by Gasteiger charge is 2.29. The molecule has 116 valence electrons.